The molecule has 3 aromatic rings. The summed E-state index contributed by atoms with van der Waals surface area (Å²) in [4.78, 5) is 19.5. The van der Waals surface area contributed by atoms with Gasteiger partial charge >= 0.3 is 0 Å². The number of benzene rings is 2. The zero-order valence-electron chi connectivity index (χ0n) is 10.4. The zero-order chi connectivity index (χ0) is 14.1. The molecule has 2 aromatic carbocycles. The summed E-state index contributed by atoms with van der Waals surface area (Å²) in [6.07, 6.45) is 0. The van der Waals surface area contributed by atoms with Crippen molar-refractivity contribution in [2.24, 2.45) is 0 Å². The number of halogens is 1. The SMILES string of the molecule is Nc1cccc(Cl)c1C(=O)Nc1nc2ccccc2[nH]1. The summed E-state index contributed by atoms with van der Waals surface area (Å²) >= 11 is 6.00. The predicted molar refractivity (Wildman–Crippen MR) is 79.9 cm³/mol. The fourth-order valence-electron chi connectivity index (χ4n) is 1.96. The molecule has 0 aliphatic carbocycles. The Hall–Kier alpha value is -2.53. The van der Waals surface area contributed by atoms with Crippen LogP contribution in [0, 0.1) is 0 Å². The average molecular weight is 287 g/mol. The molecule has 0 aliphatic heterocycles. The Kier molecular flexibility index (Phi) is 3.04. The van der Waals surface area contributed by atoms with E-state index in [0.717, 1.165) is 11.0 Å². The first-order valence-corrected chi connectivity index (χ1v) is 6.33. The maximum Gasteiger partial charge on any atom is 0.261 e. The minimum Gasteiger partial charge on any atom is -0.398 e. The fourth-order valence-corrected chi connectivity index (χ4v) is 2.23. The molecule has 0 radical (unpaired) electrons. The Morgan fingerprint density at radius 1 is 1.20 bits per heavy atom. The van der Waals surface area contributed by atoms with E-state index in [1.165, 1.54) is 0 Å². The number of H-pyrrole nitrogens is 1. The molecule has 100 valence electrons. The lowest BCUT2D eigenvalue weighted by atomic mass is 10.1. The van der Waals surface area contributed by atoms with Crippen LogP contribution in [0.5, 0.6) is 0 Å². The summed E-state index contributed by atoms with van der Waals surface area (Å²) in [5.74, 6) is -0.0392. The molecule has 20 heavy (non-hydrogen) atoms. The number of rotatable bonds is 2. The van der Waals surface area contributed by atoms with Crippen LogP contribution < -0.4 is 11.1 Å². The van der Waals surface area contributed by atoms with Gasteiger partial charge in [-0.3, -0.25) is 10.1 Å². The Labute approximate surface area is 119 Å². The highest BCUT2D eigenvalue weighted by molar-refractivity contribution is 6.35. The topological polar surface area (TPSA) is 83.8 Å². The van der Waals surface area contributed by atoms with Crippen LogP contribution in [0.15, 0.2) is 42.5 Å². The van der Waals surface area contributed by atoms with Crippen LogP contribution in [-0.2, 0) is 0 Å². The Bertz CT molecular complexity index is 743. The van der Waals surface area contributed by atoms with Gasteiger partial charge in [0.25, 0.3) is 5.91 Å². The number of hydrogen-bond acceptors (Lipinski definition) is 3. The van der Waals surface area contributed by atoms with Gasteiger partial charge in [-0.05, 0) is 24.3 Å². The van der Waals surface area contributed by atoms with E-state index in [2.05, 4.69) is 15.3 Å². The smallest absolute Gasteiger partial charge is 0.261 e. The predicted octanol–water partition coefficient (Wildman–Crippen LogP) is 3.05. The number of carbonyl (C=O) groups is 1. The van der Waals surface area contributed by atoms with Gasteiger partial charge < -0.3 is 10.7 Å². The number of carbonyl (C=O) groups excluding carboxylic acids is 1. The largest absolute Gasteiger partial charge is 0.398 e. The molecule has 0 spiro atoms. The molecule has 0 fully saturated rings. The first-order chi connectivity index (χ1) is 9.65. The molecule has 0 saturated carbocycles. The number of para-hydroxylation sites is 2. The number of fused-ring (bicyclic) bond motifs is 1. The van der Waals surface area contributed by atoms with E-state index in [1.807, 2.05) is 24.3 Å². The highest BCUT2D eigenvalue weighted by atomic mass is 35.5. The normalized spacial score (nSPS) is 10.7. The van der Waals surface area contributed by atoms with E-state index in [9.17, 15) is 4.79 Å². The van der Waals surface area contributed by atoms with Gasteiger partial charge in [-0.25, -0.2) is 4.98 Å². The highest BCUT2D eigenvalue weighted by Gasteiger charge is 2.15. The van der Waals surface area contributed by atoms with Gasteiger partial charge in [-0.15, -0.1) is 0 Å². The van der Waals surface area contributed by atoms with E-state index in [4.69, 9.17) is 17.3 Å². The summed E-state index contributed by atoms with van der Waals surface area (Å²) in [6, 6.07) is 12.4. The van der Waals surface area contributed by atoms with Gasteiger partial charge in [-0.2, -0.15) is 0 Å². The van der Waals surface area contributed by atoms with Crippen LogP contribution in [-0.4, -0.2) is 15.9 Å². The number of amides is 1. The standard InChI is InChI=1S/C14H11ClN4O/c15-8-4-3-5-9(16)12(8)13(20)19-14-17-10-6-1-2-7-11(10)18-14/h1-7H,16H2,(H2,17,18,19,20). The van der Waals surface area contributed by atoms with E-state index < -0.39 is 5.91 Å². The fraction of sp³-hybridized carbons (Fsp3) is 0. The van der Waals surface area contributed by atoms with Crippen molar-refractivity contribution in [1.29, 1.82) is 0 Å². The first kappa shape index (κ1) is 12.5. The molecule has 1 aromatic heterocycles. The number of nitrogens with zero attached hydrogens (tertiary/aromatic N) is 1. The molecule has 5 nitrogen and oxygen atoms in total. The van der Waals surface area contributed by atoms with Crippen LogP contribution in [0.1, 0.15) is 10.4 Å². The number of aromatic amines is 1. The number of aromatic nitrogens is 2. The summed E-state index contributed by atoms with van der Waals surface area (Å²) in [7, 11) is 0. The van der Waals surface area contributed by atoms with Crippen molar-refractivity contribution < 1.29 is 4.79 Å². The summed E-state index contributed by atoms with van der Waals surface area (Å²) in [5.41, 5.74) is 7.96. The number of hydrogen-bond donors (Lipinski definition) is 3. The monoisotopic (exact) mass is 286 g/mol. The number of imidazole rings is 1. The molecule has 0 atom stereocenters. The zero-order valence-corrected chi connectivity index (χ0v) is 11.1. The number of nitrogens with two attached hydrogens (primary N) is 1. The van der Waals surface area contributed by atoms with Gasteiger partial charge in [0.1, 0.15) is 0 Å². The third-order valence-corrected chi connectivity index (χ3v) is 3.21. The van der Waals surface area contributed by atoms with Crippen LogP contribution >= 0.6 is 11.6 Å². The number of nitrogens with one attached hydrogen (secondary N) is 2. The van der Waals surface area contributed by atoms with E-state index >= 15 is 0 Å². The third kappa shape index (κ3) is 2.19. The van der Waals surface area contributed by atoms with Crippen molar-refractivity contribution in [3.8, 4) is 0 Å². The second-order valence-electron chi connectivity index (χ2n) is 4.26. The number of nitrogen functional groups attached to an aromatic ring is 1. The van der Waals surface area contributed by atoms with Gasteiger partial charge in [0.05, 0.1) is 21.6 Å². The number of anilines is 2. The molecule has 1 amide bonds. The molecule has 0 aliphatic rings. The van der Waals surface area contributed by atoms with E-state index in [1.54, 1.807) is 18.2 Å². The lowest BCUT2D eigenvalue weighted by molar-refractivity contribution is 0.102. The first-order valence-electron chi connectivity index (χ1n) is 5.95. The Morgan fingerprint density at radius 3 is 2.75 bits per heavy atom. The maximum absolute atomic E-state index is 12.2. The van der Waals surface area contributed by atoms with Gasteiger partial charge in [-0.1, -0.05) is 29.8 Å². The molecule has 3 rings (SSSR count). The molecule has 0 bridgehead atoms. The quantitative estimate of drug-likeness (QED) is 0.633. The molecule has 4 N–H and O–H groups in total. The lowest BCUT2D eigenvalue weighted by Gasteiger charge is -2.06. The van der Waals surface area contributed by atoms with E-state index in [-0.39, 0.29) is 5.56 Å². The van der Waals surface area contributed by atoms with Crippen molar-refractivity contribution in [2.45, 2.75) is 0 Å². The maximum atomic E-state index is 12.2. The molecule has 1 heterocycles. The van der Waals surface area contributed by atoms with Gasteiger partial charge in [0.15, 0.2) is 0 Å². The average Bonchev–Trinajstić information content (AvgIpc) is 2.80. The van der Waals surface area contributed by atoms with Crippen LogP contribution in [0.3, 0.4) is 0 Å². The van der Waals surface area contributed by atoms with Crippen molar-refractivity contribution in [1.82, 2.24) is 9.97 Å². The molecule has 0 unspecified atom stereocenters. The van der Waals surface area contributed by atoms with Crippen molar-refractivity contribution in [3.63, 3.8) is 0 Å². The van der Waals surface area contributed by atoms with Crippen LogP contribution in [0.25, 0.3) is 11.0 Å². The Balaban J connectivity index is 1.92. The Morgan fingerprint density at radius 2 is 2.00 bits per heavy atom. The second kappa shape index (κ2) is 4.86. The molecule has 0 saturated heterocycles. The van der Waals surface area contributed by atoms with Crippen molar-refractivity contribution in [2.75, 3.05) is 11.1 Å². The van der Waals surface area contributed by atoms with Gasteiger partial charge in [0.2, 0.25) is 5.95 Å². The molecular formula is C14H11ClN4O. The van der Waals surface area contributed by atoms with Crippen LogP contribution in [0.2, 0.25) is 5.02 Å². The highest BCUT2D eigenvalue weighted by Crippen LogP contribution is 2.23. The van der Waals surface area contributed by atoms with Crippen molar-refractivity contribution >= 4 is 40.2 Å². The summed E-state index contributed by atoms with van der Waals surface area (Å²) in [6.45, 7) is 0. The molecular weight excluding hydrogens is 276 g/mol. The van der Waals surface area contributed by atoms with E-state index in [0.29, 0.717) is 16.7 Å². The second-order valence-corrected chi connectivity index (χ2v) is 4.67. The van der Waals surface area contributed by atoms with Gasteiger partial charge in [0, 0.05) is 5.69 Å². The lowest BCUT2D eigenvalue weighted by Crippen LogP contribution is -2.15. The third-order valence-electron chi connectivity index (χ3n) is 2.89. The summed E-state index contributed by atoms with van der Waals surface area (Å²) in [5, 5.41) is 2.96. The minimum atomic E-state index is -0.396. The molecule has 6 heteroatoms. The van der Waals surface area contributed by atoms with Crippen molar-refractivity contribution in [3.05, 3.63) is 53.1 Å². The summed E-state index contributed by atoms with van der Waals surface area (Å²) < 4.78 is 0. The minimum absolute atomic E-state index is 0.245. The van der Waals surface area contributed by atoms with Crippen LogP contribution in [0.4, 0.5) is 11.6 Å².